The first-order chi connectivity index (χ1) is 25.3. The van der Waals surface area contributed by atoms with E-state index in [-0.39, 0.29) is 0 Å². The number of para-hydroxylation sites is 3. The zero-order valence-corrected chi connectivity index (χ0v) is 28.3. The predicted molar refractivity (Wildman–Crippen MR) is 221 cm³/mol. The van der Waals surface area contributed by atoms with E-state index in [0.717, 1.165) is 5.69 Å². The lowest BCUT2D eigenvalue weighted by Gasteiger charge is -2.15. The number of fused-ring (bicyclic) bond motifs is 18. The fourth-order valence-electron chi connectivity index (χ4n) is 9.03. The first-order valence-electron chi connectivity index (χ1n) is 17.5. The first-order valence-corrected chi connectivity index (χ1v) is 18.4. The Morgan fingerprint density at radius 1 is 0.314 bits per heavy atom. The van der Waals surface area contributed by atoms with Crippen LogP contribution in [-0.4, -0.2) is 9.13 Å². The lowest BCUT2D eigenvalue weighted by atomic mass is 9.94. The van der Waals surface area contributed by atoms with Crippen molar-refractivity contribution in [1.82, 2.24) is 9.13 Å². The molecular formula is C48H28N2S. The normalized spacial score (nSPS) is 12.3. The fourth-order valence-corrected chi connectivity index (χ4v) is 10.3. The summed E-state index contributed by atoms with van der Waals surface area (Å²) >= 11 is 1.93. The maximum Gasteiger partial charge on any atom is 0.0803 e. The van der Waals surface area contributed by atoms with E-state index in [2.05, 4.69) is 179 Å². The van der Waals surface area contributed by atoms with Gasteiger partial charge in [0, 0.05) is 53.1 Å². The van der Waals surface area contributed by atoms with Gasteiger partial charge in [0.1, 0.15) is 0 Å². The molecule has 0 fully saturated rings. The second-order valence-electron chi connectivity index (χ2n) is 13.6. The Morgan fingerprint density at radius 3 is 1.45 bits per heavy atom. The van der Waals surface area contributed by atoms with Gasteiger partial charge >= 0.3 is 0 Å². The summed E-state index contributed by atoms with van der Waals surface area (Å²) in [6, 6.07) is 62.7. The molecule has 0 bridgehead atoms. The molecule has 0 aliphatic rings. The zero-order valence-electron chi connectivity index (χ0n) is 27.5. The van der Waals surface area contributed by atoms with Crippen molar-refractivity contribution in [3.05, 3.63) is 170 Å². The van der Waals surface area contributed by atoms with Crippen LogP contribution in [0.3, 0.4) is 0 Å². The van der Waals surface area contributed by atoms with Gasteiger partial charge in [-0.15, -0.1) is 11.3 Å². The van der Waals surface area contributed by atoms with E-state index in [1.165, 1.54) is 102 Å². The molecule has 12 rings (SSSR count). The van der Waals surface area contributed by atoms with Crippen LogP contribution >= 0.6 is 11.3 Å². The molecule has 0 amide bonds. The quantitative estimate of drug-likeness (QED) is 0.163. The van der Waals surface area contributed by atoms with Crippen molar-refractivity contribution in [3.63, 3.8) is 0 Å². The number of hydrogen-bond donors (Lipinski definition) is 0. The average Bonchev–Trinajstić information content (AvgIpc) is 3.86. The molecule has 0 N–H and O–H groups in total. The number of benzene rings is 9. The minimum atomic E-state index is 1.16. The molecule has 236 valence electrons. The van der Waals surface area contributed by atoms with Crippen LogP contribution < -0.4 is 0 Å². The number of hydrogen-bond acceptors (Lipinski definition) is 1. The minimum Gasteiger partial charge on any atom is -0.307 e. The molecule has 0 saturated carbocycles. The molecule has 0 spiro atoms. The Balaban J connectivity index is 1.37. The number of nitrogens with zero attached hydrogens (tertiary/aromatic N) is 2. The number of aromatic nitrogens is 2. The van der Waals surface area contributed by atoms with Gasteiger partial charge in [0.05, 0.1) is 22.1 Å². The highest BCUT2D eigenvalue weighted by Gasteiger charge is 2.26. The Morgan fingerprint density at radius 2 is 0.784 bits per heavy atom. The van der Waals surface area contributed by atoms with Crippen LogP contribution in [0.1, 0.15) is 0 Å². The largest absolute Gasteiger partial charge is 0.307 e. The average molecular weight is 665 g/mol. The van der Waals surface area contributed by atoms with Gasteiger partial charge in [0.15, 0.2) is 0 Å². The molecular weight excluding hydrogens is 637 g/mol. The Hall–Kier alpha value is -6.42. The number of rotatable bonds is 2. The molecule has 12 aromatic rings. The fraction of sp³-hybridized carbons (Fsp3) is 0. The van der Waals surface area contributed by atoms with Crippen LogP contribution in [0, 0.1) is 0 Å². The van der Waals surface area contributed by atoms with Gasteiger partial charge in [0.25, 0.3) is 0 Å². The molecule has 51 heavy (non-hydrogen) atoms. The van der Waals surface area contributed by atoms with Crippen molar-refractivity contribution in [2.45, 2.75) is 0 Å². The van der Waals surface area contributed by atoms with Gasteiger partial charge in [-0.25, -0.2) is 0 Å². The highest BCUT2D eigenvalue weighted by Crippen LogP contribution is 2.51. The van der Waals surface area contributed by atoms with Crippen molar-refractivity contribution in [1.29, 1.82) is 0 Å². The van der Waals surface area contributed by atoms with Crippen LogP contribution in [0.15, 0.2) is 170 Å². The molecule has 3 heteroatoms. The molecule has 0 aliphatic carbocycles. The second-order valence-corrected chi connectivity index (χ2v) is 14.7. The molecule has 0 saturated heterocycles. The summed E-state index contributed by atoms with van der Waals surface area (Å²) in [4.78, 5) is 0. The van der Waals surface area contributed by atoms with Gasteiger partial charge in [0.2, 0.25) is 0 Å². The standard InChI is InChI=1S/C48H28N2S/c1-2-14-29(15-3-1)49-40-23-11-8-20-36(40)43-44-38-22-10-13-25-42(38)51-48(44)45-37-21-9-12-24-41(37)50(47(45)46(43)49)30-26-27-35-33-18-5-4-16-31(33)32-17-6-7-19-34(32)39(35)28-30/h1-28H. The molecule has 0 radical (unpaired) electrons. The second kappa shape index (κ2) is 10.1. The maximum atomic E-state index is 2.55. The summed E-state index contributed by atoms with van der Waals surface area (Å²) in [5, 5.41) is 15.6. The van der Waals surface area contributed by atoms with E-state index in [1.54, 1.807) is 0 Å². The van der Waals surface area contributed by atoms with Crippen LogP contribution in [0.5, 0.6) is 0 Å². The van der Waals surface area contributed by atoms with E-state index in [4.69, 9.17) is 0 Å². The molecule has 9 aromatic carbocycles. The van der Waals surface area contributed by atoms with Crippen LogP contribution in [0.25, 0.3) is 107 Å². The van der Waals surface area contributed by atoms with E-state index in [0.29, 0.717) is 0 Å². The van der Waals surface area contributed by atoms with Gasteiger partial charge in [-0.1, -0.05) is 127 Å². The Bertz CT molecular complexity index is 3380. The van der Waals surface area contributed by atoms with Gasteiger partial charge in [-0.2, -0.15) is 0 Å². The smallest absolute Gasteiger partial charge is 0.0803 e. The van der Waals surface area contributed by atoms with Crippen molar-refractivity contribution < 1.29 is 0 Å². The molecule has 0 unspecified atom stereocenters. The minimum absolute atomic E-state index is 1.16. The van der Waals surface area contributed by atoms with Crippen molar-refractivity contribution in [2.75, 3.05) is 0 Å². The van der Waals surface area contributed by atoms with E-state index >= 15 is 0 Å². The van der Waals surface area contributed by atoms with Gasteiger partial charge in [-0.05, 0) is 74.8 Å². The maximum absolute atomic E-state index is 2.55. The van der Waals surface area contributed by atoms with E-state index < -0.39 is 0 Å². The molecule has 3 aromatic heterocycles. The summed E-state index contributed by atoms with van der Waals surface area (Å²) in [6.45, 7) is 0. The third-order valence-electron chi connectivity index (χ3n) is 11.0. The van der Waals surface area contributed by atoms with Crippen molar-refractivity contribution in [2.24, 2.45) is 0 Å². The summed E-state index contributed by atoms with van der Waals surface area (Å²) in [7, 11) is 0. The lowest BCUT2D eigenvalue weighted by molar-refractivity contribution is 1.15. The summed E-state index contributed by atoms with van der Waals surface area (Å²) in [5.74, 6) is 0. The lowest BCUT2D eigenvalue weighted by Crippen LogP contribution is -1.99. The van der Waals surface area contributed by atoms with Gasteiger partial charge < -0.3 is 9.13 Å². The van der Waals surface area contributed by atoms with Gasteiger partial charge in [-0.3, -0.25) is 0 Å². The van der Waals surface area contributed by atoms with Crippen LogP contribution in [0.2, 0.25) is 0 Å². The summed E-state index contributed by atoms with van der Waals surface area (Å²) in [5.41, 5.74) is 7.25. The third-order valence-corrected chi connectivity index (χ3v) is 12.2. The summed E-state index contributed by atoms with van der Waals surface area (Å²) < 4.78 is 7.73. The molecule has 2 nitrogen and oxygen atoms in total. The Labute approximate surface area is 296 Å². The first kappa shape index (κ1) is 27.4. The van der Waals surface area contributed by atoms with Crippen LogP contribution in [0.4, 0.5) is 0 Å². The molecule has 0 atom stereocenters. The highest BCUT2D eigenvalue weighted by molar-refractivity contribution is 7.27. The third kappa shape index (κ3) is 3.56. The van der Waals surface area contributed by atoms with Crippen LogP contribution in [-0.2, 0) is 0 Å². The predicted octanol–water partition coefficient (Wildman–Crippen LogP) is 13.7. The Kier molecular flexibility index (Phi) is 5.41. The number of thiophene rings is 1. The van der Waals surface area contributed by atoms with Crippen molar-refractivity contribution >= 4 is 107 Å². The molecule has 3 heterocycles. The monoisotopic (exact) mass is 664 g/mol. The van der Waals surface area contributed by atoms with E-state index in [9.17, 15) is 0 Å². The topological polar surface area (TPSA) is 9.86 Å². The molecule has 0 aliphatic heterocycles. The highest BCUT2D eigenvalue weighted by atomic mass is 32.1. The van der Waals surface area contributed by atoms with Crippen molar-refractivity contribution in [3.8, 4) is 11.4 Å². The van der Waals surface area contributed by atoms with E-state index in [1.807, 2.05) is 11.3 Å². The zero-order chi connectivity index (χ0) is 33.2. The summed E-state index contributed by atoms with van der Waals surface area (Å²) in [6.07, 6.45) is 0. The SMILES string of the molecule is c1ccc(-n2c3ccccc3c3c4c5ccccc5sc4c4c5ccccc5n(-c5ccc6c7ccccc7c7ccccc7c6c5)c4c32)cc1.